The Morgan fingerprint density at radius 3 is 2.36 bits per heavy atom. The minimum absolute atomic E-state index is 0.159. The van der Waals surface area contributed by atoms with Gasteiger partial charge in [-0.3, -0.25) is 0 Å². The van der Waals surface area contributed by atoms with Crippen molar-refractivity contribution in [2.75, 3.05) is 0 Å². The summed E-state index contributed by atoms with van der Waals surface area (Å²) in [6.07, 6.45) is 0. The molecule has 0 spiro atoms. The van der Waals surface area contributed by atoms with Gasteiger partial charge < -0.3 is 9.63 Å². The van der Waals surface area contributed by atoms with E-state index in [0.717, 1.165) is 0 Å². The molecule has 0 radical (unpaired) electrons. The Bertz CT molecular complexity index is 813. The fourth-order valence-corrected chi connectivity index (χ4v) is 2.81. The molecule has 0 amide bonds. The highest BCUT2D eigenvalue weighted by atomic mass is 35.5. The Hall–Kier alpha value is -1.88. The summed E-state index contributed by atoms with van der Waals surface area (Å²) in [5.41, 5.74) is 1.30. The molecule has 112 valence electrons. The van der Waals surface area contributed by atoms with Gasteiger partial charge in [0.2, 0.25) is 0 Å². The van der Waals surface area contributed by atoms with Gasteiger partial charge in [0.1, 0.15) is 11.5 Å². The van der Waals surface area contributed by atoms with Crippen LogP contribution in [0.2, 0.25) is 10.0 Å². The molecule has 0 atom stereocenters. The molecule has 1 heterocycles. The largest absolute Gasteiger partial charge is 0.391 e. The third kappa shape index (κ3) is 2.50. The summed E-state index contributed by atoms with van der Waals surface area (Å²) in [5, 5.41) is 14.3. The summed E-state index contributed by atoms with van der Waals surface area (Å²) in [7, 11) is 0. The zero-order valence-corrected chi connectivity index (χ0v) is 12.7. The summed E-state index contributed by atoms with van der Waals surface area (Å²) in [5.74, 6) is -0.309. The van der Waals surface area contributed by atoms with Gasteiger partial charge in [-0.15, -0.1) is 0 Å². The van der Waals surface area contributed by atoms with Crippen molar-refractivity contribution in [3.05, 3.63) is 63.9 Å². The van der Waals surface area contributed by atoms with Crippen LogP contribution in [0.3, 0.4) is 0 Å². The third-order valence-electron chi connectivity index (χ3n) is 3.26. The van der Waals surface area contributed by atoms with Crippen LogP contribution in [0.4, 0.5) is 4.39 Å². The van der Waals surface area contributed by atoms with Gasteiger partial charge in [0, 0.05) is 5.56 Å². The van der Waals surface area contributed by atoms with Crippen LogP contribution in [-0.4, -0.2) is 10.3 Å². The average molecular weight is 338 g/mol. The molecule has 3 rings (SSSR count). The average Bonchev–Trinajstić information content (AvgIpc) is 2.91. The molecule has 2 aromatic carbocycles. The lowest BCUT2D eigenvalue weighted by atomic mass is 10.0. The van der Waals surface area contributed by atoms with E-state index >= 15 is 0 Å². The van der Waals surface area contributed by atoms with Gasteiger partial charge in [0.05, 0.1) is 27.8 Å². The third-order valence-corrected chi connectivity index (χ3v) is 3.89. The second-order valence-corrected chi connectivity index (χ2v) is 5.39. The predicted molar refractivity (Wildman–Crippen MR) is 83.3 cm³/mol. The lowest BCUT2D eigenvalue weighted by molar-refractivity contribution is 0.281. The zero-order valence-electron chi connectivity index (χ0n) is 11.2. The highest BCUT2D eigenvalue weighted by molar-refractivity contribution is 6.39. The van der Waals surface area contributed by atoms with Crippen LogP contribution in [0.1, 0.15) is 5.56 Å². The quantitative estimate of drug-likeness (QED) is 0.735. The van der Waals surface area contributed by atoms with Crippen LogP contribution in [0, 0.1) is 5.82 Å². The molecule has 0 aliphatic carbocycles. The highest BCUT2D eigenvalue weighted by Gasteiger charge is 2.23. The molecule has 0 aliphatic heterocycles. The summed E-state index contributed by atoms with van der Waals surface area (Å²) < 4.78 is 19.2. The van der Waals surface area contributed by atoms with E-state index in [2.05, 4.69) is 5.16 Å². The summed E-state index contributed by atoms with van der Waals surface area (Å²) in [6, 6.07) is 11.1. The standard InChI is InChI=1S/C16H10Cl2FNO2/c17-11-5-3-6-12(18)14(11)15-10(8-21)16(22-20-15)9-4-1-2-7-13(9)19/h1-7,21H,8H2. The van der Waals surface area contributed by atoms with E-state index in [9.17, 15) is 9.50 Å². The fourth-order valence-electron chi connectivity index (χ4n) is 2.23. The maximum absolute atomic E-state index is 13.9. The van der Waals surface area contributed by atoms with Crippen LogP contribution in [0.15, 0.2) is 47.0 Å². The number of aromatic nitrogens is 1. The number of aliphatic hydroxyl groups is 1. The minimum atomic E-state index is -0.467. The predicted octanol–water partition coefficient (Wildman–Crippen LogP) is 4.95. The van der Waals surface area contributed by atoms with Gasteiger partial charge in [-0.1, -0.05) is 46.6 Å². The normalized spacial score (nSPS) is 10.9. The van der Waals surface area contributed by atoms with E-state index < -0.39 is 5.82 Å². The Balaban J connectivity index is 2.23. The molecule has 3 aromatic rings. The first-order valence-corrected chi connectivity index (χ1v) is 7.17. The molecule has 0 bridgehead atoms. The summed E-state index contributed by atoms with van der Waals surface area (Å²) in [4.78, 5) is 0. The molecular weight excluding hydrogens is 328 g/mol. The lowest BCUT2D eigenvalue weighted by Gasteiger charge is -2.05. The smallest absolute Gasteiger partial charge is 0.175 e. The van der Waals surface area contributed by atoms with Gasteiger partial charge in [0.15, 0.2) is 5.76 Å². The first kappa shape index (κ1) is 15.0. The first-order chi connectivity index (χ1) is 10.6. The van der Waals surface area contributed by atoms with E-state index in [1.54, 1.807) is 36.4 Å². The summed E-state index contributed by atoms with van der Waals surface area (Å²) >= 11 is 12.3. The van der Waals surface area contributed by atoms with Crippen molar-refractivity contribution in [3.8, 4) is 22.6 Å². The van der Waals surface area contributed by atoms with Crippen molar-refractivity contribution >= 4 is 23.2 Å². The van der Waals surface area contributed by atoms with Gasteiger partial charge in [-0.25, -0.2) is 4.39 Å². The van der Waals surface area contributed by atoms with Gasteiger partial charge in [0.25, 0.3) is 0 Å². The topological polar surface area (TPSA) is 46.3 Å². The van der Waals surface area contributed by atoms with Crippen molar-refractivity contribution in [3.63, 3.8) is 0 Å². The molecule has 6 heteroatoms. The fraction of sp³-hybridized carbons (Fsp3) is 0.0625. The van der Waals surface area contributed by atoms with Gasteiger partial charge >= 0.3 is 0 Å². The Morgan fingerprint density at radius 2 is 1.73 bits per heavy atom. The van der Waals surface area contributed by atoms with Crippen LogP contribution in [0.5, 0.6) is 0 Å². The molecule has 22 heavy (non-hydrogen) atoms. The first-order valence-electron chi connectivity index (χ1n) is 6.42. The number of aliphatic hydroxyl groups excluding tert-OH is 1. The molecule has 0 aliphatic rings. The molecule has 0 unspecified atom stereocenters. The van der Waals surface area contributed by atoms with Crippen molar-refractivity contribution < 1.29 is 14.0 Å². The lowest BCUT2D eigenvalue weighted by Crippen LogP contribution is -1.92. The molecule has 0 saturated heterocycles. The van der Waals surface area contributed by atoms with Crippen LogP contribution >= 0.6 is 23.2 Å². The maximum Gasteiger partial charge on any atom is 0.175 e. The maximum atomic E-state index is 13.9. The van der Waals surface area contributed by atoms with Crippen molar-refractivity contribution in [2.24, 2.45) is 0 Å². The Labute approximate surface area is 135 Å². The number of rotatable bonds is 3. The van der Waals surface area contributed by atoms with Gasteiger partial charge in [-0.2, -0.15) is 0 Å². The van der Waals surface area contributed by atoms with Crippen molar-refractivity contribution in [2.45, 2.75) is 6.61 Å². The zero-order chi connectivity index (χ0) is 15.7. The van der Waals surface area contributed by atoms with E-state index in [-0.39, 0.29) is 17.9 Å². The van der Waals surface area contributed by atoms with Crippen molar-refractivity contribution in [1.29, 1.82) is 0 Å². The van der Waals surface area contributed by atoms with E-state index in [1.165, 1.54) is 6.07 Å². The van der Waals surface area contributed by atoms with Crippen LogP contribution < -0.4 is 0 Å². The Morgan fingerprint density at radius 1 is 1.05 bits per heavy atom. The number of hydrogen-bond donors (Lipinski definition) is 1. The number of benzene rings is 2. The second kappa shape index (κ2) is 6.08. The minimum Gasteiger partial charge on any atom is -0.391 e. The molecular formula is C16H10Cl2FNO2. The number of nitrogens with zero attached hydrogens (tertiary/aromatic N) is 1. The highest BCUT2D eigenvalue weighted by Crippen LogP contribution is 2.39. The molecule has 1 N–H and O–H groups in total. The Kier molecular flexibility index (Phi) is 4.16. The van der Waals surface area contributed by atoms with E-state index in [0.29, 0.717) is 26.9 Å². The van der Waals surface area contributed by atoms with Crippen LogP contribution in [-0.2, 0) is 6.61 Å². The van der Waals surface area contributed by atoms with Crippen LogP contribution in [0.25, 0.3) is 22.6 Å². The molecule has 1 aromatic heterocycles. The summed E-state index contributed by atoms with van der Waals surface area (Å²) in [6.45, 7) is -0.385. The number of hydrogen-bond acceptors (Lipinski definition) is 3. The SMILES string of the molecule is OCc1c(-c2c(Cl)cccc2Cl)noc1-c1ccccc1F. The van der Waals surface area contributed by atoms with Gasteiger partial charge in [-0.05, 0) is 24.3 Å². The van der Waals surface area contributed by atoms with Crippen molar-refractivity contribution in [1.82, 2.24) is 5.16 Å². The molecule has 0 saturated carbocycles. The second-order valence-electron chi connectivity index (χ2n) is 4.57. The molecule has 3 nitrogen and oxygen atoms in total. The monoisotopic (exact) mass is 337 g/mol. The molecule has 0 fully saturated rings. The van der Waals surface area contributed by atoms with E-state index in [1.807, 2.05) is 0 Å². The van der Waals surface area contributed by atoms with E-state index in [4.69, 9.17) is 27.7 Å². The number of halogens is 3.